The van der Waals surface area contributed by atoms with Gasteiger partial charge in [0.05, 0.1) is 30.8 Å². The van der Waals surface area contributed by atoms with E-state index in [4.69, 9.17) is 11.6 Å². The molecule has 40 heavy (non-hydrogen) atoms. The molecule has 1 fully saturated rings. The lowest BCUT2D eigenvalue weighted by molar-refractivity contribution is -0.188. The molecule has 0 aromatic heterocycles. The summed E-state index contributed by atoms with van der Waals surface area (Å²) in [4.78, 5) is 48.8. The van der Waals surface area contributed by atoms with Crippen LogP contribution in [0.15, 0.2) is 78.9 Å². The van der Waals surface area contributed by atoms with Gasteiger partial charge in [-0.1, -0.05) is 78.3 Å². The van der Waals surface area contributed by atoms with Crippen LogP contribution in [0.1, 0.15) is 23.5 Å². The standard InChI is InChI=1S/C31H30ClNO7/c1-40-31(39)27-24(25(29(35)36)26(27)30(37)38)28(34)33-16-15-22(17-18-7-13-23(32)14-8-18)21-11-9-20(10-12-21)19-5-3-2-4-6-19/h2-14,22,24-27H,15-17H2,1H3,(H,33,34)(H,35,36)(H,37,38)/t22-,24-,25+,26-,27-/m0/s1. The number of ether oxygens (including phenoxy) is 1. The van der Waals surface area contributed by atoms with Crippen LogP contribution in [0.25, 0.3) is 11.1 Å². The van der Waals surface area contributed by atoms with Crippen molar-refractivity contribution >= 4 is 35.4 Å². The molecule has 0 unspecified atom stereocenters. The van der Waals surface area contributed by atoms with Gasteiger partial charge in [0.2, 0.25) is 5.91 Å². The molecule has 5 atom stereocenters. The third-order valence-corrected chi connectivity index (χ3v) is 7.82. The minimum Gasteiger partial charge on any atom is -0.481 e. The zero-order valence-electron chi connectivity index (χ0n) is 21.8. The highest BCUT2D eigenvalue weighted by molar-refractivity contribution is 6.30. The van der Waals surface area contributed by atoms with Gasteiger partial charge in [0.25, 0.3) is 0 Å². The summed E-state index contributed by atoms with van der Waals surface area (Å²) in [5.41, 5.74) is 4.31. The molecule has 1 aliphatic rings. The first-order chi connectivity index (χ1) is 19.2. The quantitative estimate of drug-likeness (QED) is 0.289. The Morgan fingerprint density at radius 1 is 0.800 bits per heavy atom. The first-order valence-corrected chi connectivity index (χ1v) is 13.3. The molecule has 208 valence electrons. The van der Waals surface area contributed by atoms with E-state index in [-0.39, 0.29) is 12.5 Å². The molecule has 8 nitrogen and oxygen atoms in total. The van der Waals surface area contributed by atoms with Gasteiger partial charge in [0.15, 0.2) is 0 Å². The molecule has 0 saturated heterocycles. The number of aliphatic carboxylic acids is 2. The van der Waals surface area contributed by atoms with E-state index in [2.05, 4.69) is 34.3 Å². The van der Waals surface area contributed by atoms with E-state index >= 15 is 0 Å². The van der Waals surface area contributed by atoms with Crippen molar-refractivity contribution < 1.29 is 34.1 Å². The average molecular weight is 564 g/mol. The topological polar surface area (TPSA) is 130 Å². The molecular formula is C31H30ClNO7. The molecule has 3 aromatic rings. The Balaban J connectivity index is 1.49. The fraction of sp³-hybridized carbons (Fsp3) is 0.290. The van der Waals surface area contributed by atoms with E-state index in [1.165, 1.54) is 0 Å². The molecule has 1 amide bonds. The highest BCUT2D eigenvalue weighted by atomic mass is 35.5. The molecule has 9 heteroatoms. The summed E-state index contributed by atoms with van der Waals surface area (Å²) >= 11 is 6.06. The van der Waals surface area contributed by atoms with Crippen molar-refractivity contribution in [2.45, 2.75) is 18.8 Å². The van der Waals surface area contributed by atoms with Gasteiger partial charge in [-0.25, -0.2) is 0 Å². The predicted octanol–water partition coefficient (Wildman–Crippen LogP) is 4.66. The maximum Gasteiger partial charge on any atom is 0.310 e. The van der Waals surface area contributed by atoms with Gasteiger partial charge in [0, 0.05) is 11.6 Å². The number of carboxylic acid groups (broad SMARTS) is 2. The van der Waals surface area contributed by atoms with Crippen molar-refractivity contribution in [3.63, 3.8) is 0 Å². The summed E-state index contributed by atoms with van der Waals surface area (Å²) in [6.45, 7) is 0.200. The maximum atomic E-state index is 13.1. The Bertz CT molecular complexity index is 1360. The Hall–Kier alpha value is -4.17. The Morgan fingerprint density at radius 3 is 1.95 bits per heavy atom. The van der Waals surface area contributed by atoms with E-state index in [0.717, 1.165) is 29.4 Å². The number of halogens is 1. The Morgan fingerprint density at radius 2 is 1.38 bits per heavy atom. The second-order valence-electron chi connectivity index (χ2n) is 9.90. The summed E-state index contributed by atoms with van der Waals surface area (Å²) in [7, 11) is 1.08. The highest BCUT2D eigenvalue weighted by Crippen LogP contribution is 2.47. The normalized spacial score (nSPS) is 20.6. The minimum atomic E-state index is -1.53. The van der Waals surface area contributed by atoms with Crippen LogP contribution >= 0.6 is 11.6 Å². The maximum absolute atomic E-state index is 13.1. The number of benzene rings is 3. The van der Waals surface area contributed by atoms with Crippen LogP contribution < -0.4 is 5.32 Å². The molecular weight excluding hydrogens is 534 g/mol. The Kier molecular flexibility index (Phi) is 9.22. The number of carboxylic acids is 2. The zero-order valence-corrected chi connectivity index (χ0v) is 22.6. The van der Waals surface area contributed by atoms with E-state index in [0.29, 0.717) is 17.9 Å². The van der Waals surface area contributed by atoms with Gasteiger partial charge >= 0.3 is 17.9 Å². The van der Waals surface area contributed by atoms with Crippen molar-refractivity contribution in [2.24, 2.45) is 23.7 Å². The number of nitrogens with one attached hydrogen (secondary N) is 1. The first-order valence-electron chi connectivity index (χ1n) is 12.9. The number of methoxy groups -OCH3 is 1. The zero-order chi connectivity index (χ0) is 28.8. The molecule has 0 spiro atoms. The van der Waals surface area contributed by atoms with E-state index in [1.807, 2.05) is 54.6 Å². The molecule has 1 saturated carbocycles. The van der Waals surface area contributed by atoms with E-state index in [9.17, 15) is 29.4 Å². The molecule has 1 aliphatic carbocycles. The van der Waals surface area contributed by atoms with Crippen molar-refractivity contribution in [3.8, 4) is 11.1 Å². The number of hydrogen-bond donors (Lipinski definition) is 3. The number of rotatable bonds is 11. The van der Waals surface area contributed by atoms with Crippen molar-refractivity contribution in [3.05, 3.63) is 95.0 Å². The third kappa shape index (κ3) is 6.34. The van der Waals surface area contributed by atoms with Gasteiger partial charge in [-0.05, 0) is 53.1 Å². The fourth-order valence-corrected chi connectivity index (χ4v) is 5.60. The lowest BCUT2D eigenvalue weighted by Gasteiger charge is -2.44. The Labute approximate surface area is 236 Å². The van der Waals surface area contributed by atoms with Gasteiger partial charge in [0.1, 0.15) is 0 Å². The number of carbonyl (C=O) groups excluding carboxylic acids is 2. The lowest BCUT2D eigenvalue weighted by Crippen LogP contribution is -2.62. The largest absolute Gasteiger partial charge is 0.481 e. The lowest BCUT2D eigenvalue weighted by atomic mass is 9.56. The monoisotopic (exact) mass is 563 g/mol. The second-order valence-corrected chi connectivity index (χ2v) is 10.3. The van der Waals surface area contributed by atoms with Gasteiger partial charge in [-0.3, -0.25) is 19.2 Å². The molecule has 3 N–H and O–H groups in total. The van der Waals surface area contributed by atoms with Crippen LogP contribution in [-0.4, -0.2) is 47.7 Å². The number of hydrogen-bond acceptors (Lipinski definition) is 5. The average Bonchev–Trinajstić information content (AvgIpc) is 2.93. The van der Waals surface area contributed by atoms with Crippen LogP contribution in [0.3, 0.4) is 0 Å². The van der Waals surface area contributed by atoms with Crippen molar-refractivity contribution in [2.75, 3.05) is 13.7 Å². The van der Waals surface area contributed by atoms with Gasteiger partial charge in [-0.2, -0.15) is 0 Å². The van der Waals surface area contributed by atoms with Crippen LogP contribution in [0, 0.1) is 23.7 Å². The third-order valence-electron chi connectivity index (χ3n) is 7.57. The van der Waals surface area contributed by atoms with Crippen LogP contribution in [0.4, 0.5) is 0 Å². The number of carbonyl (C=O) groups is 4. The van der Waals surface area contributed by atoms with Crippen molar-refractivity contribution in [1.82, 2.24) is 5.32 Å². The summed E-state index contributed by atoms with van der Waals surface area (Å²) in [6.07, 6.45) is 1.19. The molecule has 3 aromatic carbocycles. The van der Waals surface area contributed by atoms with Crippen LogP contribution in [0.5, 0.6) is 0 Å². The molecule has 0 bridgehead atoms. The molecule has 0 aliphatic heterocycles. The number of amides is 1. The summed E-state index contributed by atoms with van der Waals surface area (Å²) in [5.74, 6) is -10.2. The van der Waals surface area contributed by atoms with Crippen LogP contribution in [0.2, 0.25) is 5.02 Å². The van der Waals surface area contributed by atoms with Gasteiger partial charge in [-0.15, -0.1) is 0 Å². The summed E-state index contributed by atoms with van der Waals surface area (Å²) in [6, 6.07) is 25.8. The minimum absolute atomic E-state index is 0.00568. The van der Waals surface area contributed by atoms with Crippen LogP contribution in [-0.2, 0) is 30.3 Å². The fourth-order valence-electron chi connectivity index (χ4n) is 5.48. The van der Waals surface area contributed by atoms with E-state index < -0.39 is 47.5 Å². The van der Waals surface area contributed by atoms with Crippen molar-refractivity contribution in [1.29, 1.82) is 0 Å². The smallest absolute Gasteiger partial charge is 0.310 e. The molecule has 0 radical (unpaired) electrons. The molecule has 0 heterocycles. The van der Waals surface area contributed by atoms with E-state index in [1.54, 1.807) is 0 Å². The first kappa shape index (κ1) is 28.8. The summed E-state index contributed by atoms with van der Waals surface area (Å²) < 4.78 is 4.68. The SMILES string of the molecule is COC(=O)[C@@H]1[C@@H](C(=O)O)[C@H](C(=O)O)[C@@H]1C(=O)NCC[C@@H](Cc1ccc(Cl)cc1)c1ccc(-c2ccccc2)cc1. The summed E-state index contributed by atoms with van der Waals surface area (Å²) in [5, 5.41) is 22.4. The van der Waals surface area contributed by atoms with Gasteiger partial charge < -0.3 is 20.3 Å². The highest BCUT2D eigenvalue weighted by Gasteiger charge is 2.64. The second kappa shape index (κ2) is 12.8. The molecule has 4 rings (SSSR count). The predicted molar refractivity (Wildman–Crippen MR) is 149 cm³/mol. The number of esters is 1.